The molecule has 0 fully saturated rings. The fourth-order valence-corrected chi connectivity index (χ4v) is 1.16. The van der Waals surface area contributed by atoms with E-state index in [9.17, 15) is 14.0 Å². The molecule has 1 atom stereocenters. The van der Waals surface area contributed by atoms with E-state index >= 15 is 0 Å². The van der Waals surface area contributed by atoms with Crippen LogP contribution in [0.4, 0.5) is 4.39 Å². The van der Waals surface area contributed by atoms with Crippen molar-refractivity contribution in [3.8, 4) is 0 Å². The van der Waals surface area contributed by atoms with Crippen LogP contribution in [0.5, 0.6) is 0 Å². The van der Waals surface area contributed by atoms with Crippen molar-refractivity contribution in [3.63, 3.8) is 0 Å². The lowest BCUT2D eigenvalue weighted by Crippen LogP contribution is -2.15. The summed E-state index contributed by atoms with van der Waals surface area (Å²) < 4.78 is 13.1. The molecule has 3 nitrogen and oxygen atoms in total. The highest BCUT2D eigenvalue weighted by Crippen LogP contribution is 2.13. The van der Waals surface area contributed by atoms with Crippen molar-refractivity contribution < 1.29 is 19.1 Å². The molecule has 0 aliphatic rings. The van der Waals surface area contributed by atoms with Crippen molar-refractivity contribution in [2.24, 2.45) is 5.92 Å². The fraction of sp³-hybridized carbons (Fsp3) is 0.273. The van der Waals surface area contributed by atoms with Crippen LogP contribution in [0.1, 0.15) is 23.7 Å². The molecule has 0 aromatic heterocycles. The first-order valence-corrected chi connectivity index (χ1v) is 4.53. The van der Waals surface area contributed by atoms with Gasteiger partial charge in [-0.2, -0.15) is 0 Å². The number of carboxylic acids is 1. The van der Waals surface area contributed by atoms with Crippen molar-refractivity contribution >= 4 is 11.8 Å². The maximum absolute atomic E-state index is 13.1. The van der Waals surface area contributed by atoms with Gasteiger partial charge < -0.3 is 5.11 Å². The SMILES string of the molecule is C[C@@H](CC(=O)c1ccccc1F)C(=O)O. The van der Waals surface area contributed by atoms with Gasteiger partial charge in [-0.05, 0) is 12.1 Å². The van der Waals surface area contributed by atoms with Gasteiger partial charge in [0, 0.05) is 6.42 Å². The molecule has 0 bridgehead atoms. The van der Waals surface area contributed by atoms with Crippen molar-refractivity contribution in [3.05, 3.63) is 35.6 Å². The Kier molecular flexibility index (Phi) is 3.55. The highest BCUT2D eigenvalue weighted by Gasteiger charge is 2.18. The van der Waals surface area contributed by atoms with Crippen LogP contribution in [0.2, 0.25) is 0 Å². The van der Waals surface area contributed by atoms with E-state index in [-0.39, 0.29) is 12.0 Å². The van der Waals surface area contributed by atoms with Crippen LogP contribution in [0, 0.1) is 11.7 Å². The van der Waals surface area contributed by atoms with E-state index in [2.05, 4.69) is 0 Å². The first-order valence-electron chi connectivity index (χ1n) is 4.53. The van der Waals surface area contributed by atoms with Crippen molar-refractivity contribution in [2.75, 3.05) is 0 Å². The highest BCUT2D eigenvalue weighted by atomic mass is 19.1. The summed E-state index contributed by atoms with van der Waals surface area (Å²) in [5.41, 5.74) is -0.0504. The van der Waals surface area contributed by atoms with Gasteiger partial charge in [0.1, 0.15) is 5.82 Å². The molecule has 1 aromatic carbocycles. The Hall–Kier alpha value is -1.71. The molecule has 0 saturated heterocycles. The Morgan fingerprint density at radius 2 is 2.00 bits per heavy atom. The second kappa shape index (κ2) is 4.68. The largest absolute Gasteiger partial charge is 0.481 e. The molecule has 0 unspecified atom stereocenters. The van der Waals surface area contributed by atoms with E-state index in [1.807, 2.05) is 0 Å². The number of ketones is 1. The summed E-state index contributed by atoms with van der Waals surface area (Å²) in [5.74, 6) is -2.94. The molecule has 15 heavy (non-hydrogen) atoms. The minimum Gasteiger partial charge on any atom is -0.481 e. The lowest BCUT2D eigenvalue weighted by molar-refractivity contribution is -0.141. The molecule has 0 saturated carbocycles. The van der Waals surface area contributed by atoms with Gasteiger partial charge in [0.25, 0.3) is 0 Å². The van der Waals surface area contributed by atoms with Gasteiger partial charge in [0.2, 0.25) is 0 Å². The number of carbonyl (C=O) groups excluding carboxylic acids is 1. The van der Waals surface area contributed by atoms with Crippen molar-refractivity contribution in [1.29, 1.82) is 0 Å². The lowest BCUT2D eigenvalue weighted by atomic mass is 10.00. The molecule has 80 valence electrons. The van der Waals surface area contributed by atoms with Crippen LogP contribution in [-0.4, -0.2) is 16.9 Å². The summed E-state index contributed by atoms with van der Waals surface area (Å²) in [6.07, 6.45) is -0.184. The molecule has 1 aromatic rings. The van der Waals surface area contributed by atoms with Crippen molar-refractivity contribution in [1.82, 2.24) is 0 Å². The molecule has 0 heterocycles. The minimum atomic E-state index is -1.06. The molecule has 1 rings (SSSR count). The number of carbonyl (C=O) groups is 2. The second-order valence-electron chi connectivity index (χ2n) is 3.35. The zero-order valence-corrected chi connectivity index (χ0v) is 8.24. The van der Waals surface area contributed by atoms with E-state index < -0.39 is 23.5 Å². The number of benzene rings is 1. The standard InChI is InChI=1S/C11H11FO3/c1-7(11(14)15)6-10(13)8-4-2-3-5-9(8)12/h2-5,7H,6H2,1H3,(H,14,15)/t7-/m0/s1. The maximum Gasteiger partial charge on any atom is 0.306 e. The number of rotatable bonds is 4. The topological polar surface area (TPSA) is 54.4 Å². The smallest absolute Gasteiger partial charge is 0.306 e. The Labute approximate surface area is 86.5 Å². The zero-order chi connectivity index (χ0) is 11.4. The van der Waals surface area contributed by atoms with Crippen LogP contribution in [0.15, 0.2) is 24.3 Å². The summed E-state index contributed by atoms with van der Waals surface area (Å²) in [6, 6.07) is 5.55. The summed E-state index contributed by atoms with van der Waals surface area (Å²) in [4.78, 5) is 22.0. The molecule has 0 aliphatic carbocycles. The van der Waals surface area contributed by atoms with Crippen LogP contribution >= 0.6 is 0 Å². The average molecular weight is 210 g/mol. The lowest BCUT2D eigenvalue weighted by Gasteiger charge is -2.05. The Bertz CT molecular complexity index is 387. The highest BCUT2D eigenvalue weighted by molar-refractivity contribution is 5.98. The van der Waals surface area contributed by atoms with Gasteiger partial charge >= 0.3 is 5.97 Å². The van der Waals surface area contributed by atoms with E-state index in [0.717, 1.165) is 0 Å². The van der Waals surface area contributed by atoms with Crippen LogP contribution in [0.25, 0.3) is 0 Å². The molecular formula is C11H11FO3. The molecule has 0 spiro atoms. The molecule has 0 radical (unpaired) electrons. The number of carboxylic acid groups (broad SMARTS) is 1. The fourth-order valence-electron chi connectivity index (χ4n) is 1.16. The summed E-state index contributed by atoms with van der Waals surface area (Å²) >= 11 is 0. The van der Waals surface area contributed by atoms with E-state index in [1.54, 1.807) is 6.07 Å². The molecule has 1 N–H and O–H groups in total. The third-order valence-corrected chi connectivity index (χ3v) is 2.09. The summed E-state index contributed by atoms with van der Waals surface area (Å²) in [7, 11) is 0. The number of aliphatic carboxylic acids is 1. The normalized spacial score (nSPS) is 12.1. The van der Waals surface area contributed by atoms with Gasteiger partial charge in [-0.25, -0.2) is 4.39 Å². The third kappa shape index (κ3) is 2.87. The van der Waals surface area contributed by atoms with E-state index in [4.69, 9.17) is 5.11 Å². The number of hydrogen-bond acceptors (Lipinski definition) is 2. The second-order valence-corrected chi connectivity index (χ2v) is 3.35. The Morgan fingerprint density at radius 3 is 2.53 bits per heavy atom. The predicted molar refractivity (Wildman–Crippen MR) is 52.1 cm³/mol. The van der Waals surface area contributed by atoms with Gasteiger partial charge in [0.05, 0.1) is 11.5 Å². The molecular weight excluding hydrogens is 199 g/mol. The molecule has 0 aliphatic heterocycles. The average Bonchev–Trinajstić information content (AvgIpc) is 2.18. The van der Waals surface area contributed by atoms with Gasteiger partial charge in [0.15, 0.2) is 5.78 Å². The van der Waals surface area contributed by atoms with Crippen LogP contribution in [-0.2, 0) is 4.79 Å². The minimum absolute atomic E-state index is 0.0504. The predicted octanol–water partition coefficient (Wildman–Crippen LogP) is 2.12. The maximum atomic E-state index is 13.1. The Morgan fingerprint density at radius 1 is 1.40 bits per heavy atom. The van der Waals surface area contributed by atoms with Gasteiger partial charge in [-0.1, -0.05) is 19.1 Å². The van der Waals surface area contributed by atoms with Crippen LogP contribution < -0.4 is 0 Å². The number of hydrogen-bond donors (Lipinski definition) is 1. The van der Waals surface area contributed by atoms with Gasteiger partial charge in [-0.15, -0.1) is 0 Å². The Balaban J connectivity index is 2.78. The zero-order valence-electron chi connectivity index (χ0n) is 8.24. The summed E-state index contributed by atoms with van der Waals surface area (Å²) in [6.45, 7) is 1.42. The first-order chi connectivity index (χ1) is 7.02. The number of Topliss-reactive ketones (excluding diaryl/α,β-unsaturated/α-hetero) is 1. The summed E-state index contributed by atoms with van der Waals surface area (Å²) in [5, 5.41) is 8.60. The molecule has 4 heteroatoms. The first kappa shape index (κ1) is 11.4. The van der Waals surface area contributed by atoms with Crippen LogP contribution in [0.3, 0.4) is 0 Å². The third-order valence-electron chi connectivity index (χ3n) is 2.09. The van der Waals surface area contributed by atoms with Crippen molar-refractivity contribution in [2.45, 2.75) is 13.3 Å². The monoisotopic (exact) mass is 210 g/mol. The molecule has 0 amide bonds. The van der Waals surface area contributed by atoms with E-state index in [0.29, 0.717) is 0 Å². The number of halogens is 1. The van der Waals surface area contributed by atoms with E-state index in [1.165, 1.54) is 25.1 Å². The quantitative estimate of drug-likeness (QED) is 0.774. The van der Waals surface area contributed by atoms with Gasteiger partial charge in [-0.3, -0.25) is 9.59 Å².